The SMILES string of the molecule is CCOc1ccccc1OC1CCN(CC(=O)Nc2nc(C)cs2)CC1. The maximum absolute atomic E-state index is 12.1. The predicted octanol–water partition coefficient (Wildman–Crippen LogP) is 3.33. The molecule has 0 radical (unpaired) electrons. The molecule has 0 bridgehead atoms. The van der Waals surface area contributed by atoms with Gasteiger partial charge in [0.05, 0.1) is 18.8 Å². The average Bonchev–Trinajstić information content (AvgIpc) is 3.03. The van der Waals surface area contributed by atoms with Crippen LogP contribution in [-0.4, -0.2) is 48.1 Å². The van der Waals surface area contributed by atoms with Gasteiger partial charge in [-0.1, -0.05) is 12.1 Å². The summed E-state index contributed by atoms with van der Waals surface area (Å²) in [5.41, 5.74) is 0.926. The van der Waals surface area contributed by atoms with Gasteiger partial charge in [-0.05, 0) is 38.8 Å². The fraction of sp³-hybridized carbons (Fsp3) is 0.474. The van der Waals surface area contributed by atoms with Crippen LogP contribution in [0.4, 0.5) is 5.13 Å². The fourth-order valence-electron chi connectivity index (χ4n) is 2.96. The van der Waals surface area contributed by atoms with Gasteiger partial charge in [-0.2, -0.15) is 0 Å². The maximum atomic E-state index is 12.1. The summed E-state index contributed by atoms with van der Waals surface area (Å²) >= 11 is 1.45. The number of carbonyl (C=O) groups is 1. The van der Waals surface area contributed by atoms with Crippen LogP contribution in [0.5, 0.6) is 11.5 Å². The lowest BCUT2D eigenvalue weighted by Crippen LogP contribution is -2.42. The van der Waals surface area contributed by atoms with Gasteiger partial charge < -0.3 is 14.8 Å². The van der Waals surface area contributed by atoms with Gasteiger partial charge in [0, 0.05) is 18.5 Å². The molecule has 1 aromatic carbocycles. The summed E-state index contributed by atoms with van der Waals surface area (Å²) in [5, 5.41) is 5.46. The first kappa shape index (κ1) is 18.7. The number of hydrogen-bond acceptors (Lipinski definition) is 6. The fourth-order valence-corrected chi connectivity index (χ4v) is 3.66. The summed E-state index contributed by atoms with van der Waals surface area (Å²) in [6, 6.07) is 7.78. The first-order valence-electron chi connectivity index (χ1n) is 8.97. The number of aromatic nitrogens is 1. The number of piperidine rings is 1. The van der Waals surface area contributed by atoms with E-state index in [0.29, 0.717) is 18.3 Å². The molecule has 1 aromatic heterocycles. The van der Waals surface area contributed by atoms with Gasteiger partial charge in [0.15, 0.2) is 16.6 Å². The number of nitrogens with one attached hydrogen (secondary N) is 1. The first-order chi connectivity index (χ1) is 12.6. The quantitative estimate of drug-likeness (QED) is 0.804. The number of ether oxygens (including phenoxy) is 2. The number of aryl methyl sites for hydroxylation is 1. The number of hydrogen-bond donors (Lipinski definition) is 1. The van der Waals surface area contributed by atoms with Crippen LogP contribution < -0.4 is 14.8 Å². The Labute approximate surface area is 158 Å². The van der Waals surface area contributed by atoms with E-state index in [1.54, 1.807) is 0 Å². The normalized spacial score (nSPS) is 15.6. The number of thiazole rings is 1. The zero-order valence-corrected chi connectivity index (χ0v) is 16.1. The van der Waals surface area contributed by atoms with Gasteiger partial charge in [-0.25, -0.2) is 4.98 Å². The highest BCUT2D eigenvalue weighted by Crippen LogP contribution is 2.29. The third-order valence-electron chi connectivity index (χ3n) is 4.21. The Morgan fingerprint density at radius 1 is 1.31 bits per heavy atom. The van der Waals surface area contributed by atoms with E-state index in [9.17, 15) is 4.79 Å². The van der Waals surface area contributed by atoms with Crippen LogP contribution in [0.3, 0.4) is 0 Å². The van der Waals surface area contributed by atoms with E-state index in [2.05, 4.69) is 15.2 Å². The topological polar surface area (TPSA) is 63.7 Å². The smallest absolute Gasteiger partial charge is 0.240 e. The Bertz CT molecular complexity index is 726. The third kappa shape index (κ3) is 5.19. The van der Waals surface area contributed by atoms with Crippen molar-refractivity contribution in [3.8, 4) is 11.5 Å². The van der Waals surface area contributed by atoms with E-state index in [4.69, 9.17) is 9.47 Å². The number of para-hydroxylation sites is 2. The van der Waals surface area contributed by atoms with Crippen molar-refractivity contribution in [2.45, 2.75) is 32.8 Å². The van der Waals surface area contributed by atoms with Crippen LogP contribution in [-0.2, 0) is 4.79 Å². The number of anilines is 1. The lowest BCUT2D eigenvalue weighted by molar-refractivity contribution is -0.117. The molecule has 0 atom stereocenters. The Balaban J connectivity index is 1.45. The Morgan fingerprint density at radius 3 is 2.69 bits per heavy atom. The highest BCUT2D eigenvalue weighted by molar-refractivity contribution is 7.13. The van der Waals surface area contributed by atoms with E-state index >= 15 is 0 Å². The van der Waals surface area contributed by atoms with Crippen molar-refractivity contribution in [2.24, 2.45) is 0 Å². The maximum Gasteiger partial charge on any atom is 0.240 e. The number of nitrogens with zero attached hydrogens (tertiary/aromatic N) is 2. The van der Waals surface area contributed by atoms with Crippen LogP contribution in [0.25, 0.3) is 0 Å². The van der Waals surface area contributed by atoms with Gasteiger partial charge in [0.2, 0.25) is 5.91 Å². The first-order valence-corrected chi connectivity index (χ1v) is 9.85. The number of likely N-dealkylation sites (tertiary alicyclic amines) is 1. The minimum absolute atomic E-state index is 0.0135. The highest BCUT2D eigenvalue weighted by atomic mass is 32.1. The molecule has 7 heteroatoms. The van der Waals surface area contributed by atoms with Gasteiger partial charge in [0.1, 0.15) is 6.10 Å². The molecule has 0 spiro atoms. The molecule has 2 aromatic rings. The van der Waals surface area contributed by atoms with Crippen LogP contribution in [0, 0.1) is 6.92 Å². The third-order valence-corrected chi connectivity index (χ3v) is 5.09. The van der Waals surface area contributed by atoms with Gasteiger partial charge in [-0.3, -0.25) is 9.69 Å². The lowest BCUT2D eigenvalue weighted by Gasteiger charge is -2.31. The van der Waals surface area contributed by atoms with E-state index in [0.717, 1.165) is 43.1 Å². The second-order valence-electron chi connectivity index (χ2n) is 6.32. The van der Waals surface area contributed by atoms with Crippen molar-refractivity contribution in [2.75, 3.05) is 31.6 Å². The van der Waals surface area contributed by atoms with Gasteiger partial charge in [0.25, 0.3) is 0 Å². The molecule has 2 heterocycles. The molecule has 0 aliphatic carbocycles. The van der Waals surface area contributed by atoms with Crippen molar-refractivity contribution in [1.29, 1.82) is 0 Å². The number of benzene rings is 1. The largest absolute Gasteiger partial charge is 0.490 e. The second-order valence-corrected chi connectivity index (χ2v) is 7.17. The molecule has 6 nitrogen and oxygen atoms in total. The zero-order chi connectivity index (χ0) is 18.4. The Hall–Kier alpha value is -2.12. The van der Waals surface area contributed by atoms with Crippen LogP contribution >= 0.6 is 11.3 Å². The summed E-state index contributed by atoms with van der Waals surface area (Å²) in [6.07, 6.45) is 1.94. The van der Waals surface area contributed by atoms with Gasteiger partial charge >= 0.3 is 0 Å². The molecule has 1 aliphatic heterocycles. The molecule has 0 unspecified atom stereocenters. The number of carbonyl (C=O) groups excluding carboxylic acids is 1. The molecule has 1 fully saturated rings. The van der Waals surface area contributed by atoms with Crippen LogP contribution in [0.15, 0.2) is 29.6 Å². The minimum Gasteiger partial charge on any atom is -0.490 e. The van der Waals surface area contributed by atoms with Crippen molar-refractivity contribution in [3.05, 3.63) is 35.3 Å². The van der Waals surface area contributed by atoms with Gasteiger partial charge in [-0.15, -0.1) is 11.3 Å². The van der Waals surface area contributed by atoms with Crippen molar-refractivity contribution < 1.29 is 14.3 Å². The van der Waals surface area contributed by atoms with Crippen molar-refractivity contribution >= 4 is 22.4 Å². The summed E-state index contributed by atoms with van der Waals surface area (Å²) in [6.45, 7) is 6.57. The second kappa shape index (κ2) is 9.00. The molecular formula is C19H25N3O3S. The molecule has 1 saturated heterocycles. The van der Waals surface area contributed by atoms with E-state index in [-0.39, 0.29) is 12.0 Å². The summed E-state index contributed by atoms with van der Waals surface area (Å²) < 4.78 is 11.7. The average molecular weight is 375 g/mol. The summed E-state index contributed by atoms with van der Waals surface area (Å²) in [4.78, 5) is 18.6. The number of rotatable bonds is 7. The molecule has 1 N–H and O–H groups in total. The molecule has 1 aliphatic rings. The van der Waals surface area contributed by atoms with E-state index in [1.807, 2.05) is 43.5 Å². The molecule has 26 heavy (non-hydrogen) atoms. The Morgan fingerprint density at radius 2 is 2.04 bits per heavy atom. The van der Waals surface area contributed by atoms with Crippen LogP contribution in [0.2, 0.25) is 0 Å². The molecule has 140 valence electrons. The standard InChI is InChI=1S/C19H25N3O3S/c1-3-24-16-6-4-5-7-17(16)25-15-8-10-22(11-9-15)12-18(23)21-19-20-14(2)13-26-19/h4-7,13,15H,3,8-12H2,1-2H3,(H,20,21,23). The highest BCUT2D eigenvalue weighted by Gasteiger charge is 2.23. The minimum atomic E-state index is -0.0135. The molecule has 1 amide bonds. The number of amides is 1. The molecule has 0 saturated carbocycles. The predicted molar refractivity (Wildman–Crippen MR) is 103 cm³/mol. The van der Waals surface area contributed by atoms with Crippen molar-refractivity contribution in [3.63, 3.8) is 0 Å². The van der Waals surface area contributed by atoms with E-state index < -0.39 is 0 Å². The summed E-state index contributed by atoms with van der Waals surface area (Å²) in [7, 11) is 0. The Kier molecular flexibility index (Phi) is 6.46. The molecular weight excluding hydrogens is 350 g/mol. The van der Waals surface area contributed by atoms with E-state index in [1.165, 1.54) is 11.3 Å². The lowest BCUT2D eigenvalue weighted by atomic mass is 10.1. The monoisotopic (exact) mass is 375 g/mol. The van der Waals surface area contributed by atoms with Crippen LogP contribution in [0.1, 0.15) is 25.5 Å². The summed E-state index contributed by atoms with van der Waals surface area (Å²) in [5.74, 6) is 1.57. The zero-order valence-electron chi connectivity index (χ0n) is 15.2. The molecule has 3 rings (SSSR count). The van der Waals surface area contributed by atoms with Crippen molar-refractivity contribution in [1.82, 2.24) is 9.88 Å².